The van der Waals surface area contributed by atoms with E-state index >= 15 is 0 Å². The highest BCUT2D eigenvalue weighted by molar-refractivity contribution is 5.89. The molecule has 0 aromatic carbocycles. The van der Waals surface area contributed by atoms with Gasteiger partial charge in [0.15, 0.2) is 11.4 Å². The molecule has 0 aliphatic rings. The van der Waals surface area contributed by atoms with Gasteiger partial charge in [-0.2, -0.15) is 5.10 Å². The van der Waals surface area contributed by atoms with Gasteiger partial charge in [-0.25, -0.2) is 4.79 Å². The number of aromatic hydroxyl groups is 1. The number of rotatable bonds is 1. The summed E-state index contributed by atoms with van der Waals surface area (Å²) in [6.07, 6.45) is 0. The number of nitrogens with zero attached hydrogens (tertiary/aromatic N) is 2. The molecule has 0 aliphatic heterocycles. The van der Waals surface area contributed by atoms with E-state index in [9.17, 15) is 4.79 Å². The molecule has 0 amide bonds. The van der Waals surface area contributed by atoms with Crippen LogP contribution in [0.2, 0.25) is 0 Å². The summed E-state index contributed by atoms with van der Waals surface area (Å²) in [5.41, 5.74) is 0.146. The fourth-order valence-electron chi connectivity index (χ4n) is 0.887. The Balaban J connectivity index is 3.34. The monoisotopic (exact) mass is 156 g/mol. The minimum absolute atomic E-state index is 0.178. The van der Waals surface area contributed by atoms with Crippen molar-refractivity contribution in [1.29, 1.82) is 0 Å². The molecule has 5 nitrogen and oxygen atoms in total. The Bertz CT molecular complexity index is 303. The molecule has 0 aliphatic carbocycles. The first-order chi connectivity index (χ1) is 5.04. The van der Waals surface area contributed by atoms with Gasteiger partial charge in [0.2, 0.25) is 0 Å². The molecule has 5 heteroatoms. The Morgan fingerprint density at radius 1 is 1.64 bits per heavy atom. The Labute approximate surface area is 62.9 Å². The standard InChI is InChI=1S/C6H8N2O3/c1-3-5(9)4(6(10)11)8(2)7-3/h9H,1-2H3,(H,10,11). The van der Waals surface area contributed by atoms with Crippen molar-refractivity contribution < 1.29 is 15.0 Å². The van der Waals surface area contributed by atoms with E-state index in [1.165, 1.54) is 7.05 Å². The van der Waals surface area contributed by atoms with E-state index in [0.29, 0.717) is 5.69 Å². The Morgan fingerprint density at radius 2 is 2.18 bits per heavy atom. The van der Waals surface area contributed by atoms with Gasteiger partial charge < -0.3 is 10.2 Å². The molecule has 1 aromatic rings. The van der Waals surface area contributed by atoms with Crippen molar-refractivity contribution in [2.45, 2.75) is 6.92 Å². The highest BCUT2D eigenvalue weighted by Crippen LogP contribution is 2.19. The van der Waals surface area contributed by atoms with Gasteiger partial charge in [0.1, 0.15) is 5.69 Å². The second-order valence-corrected chi connectivity index (χ2v) is 2.21. The Morgan fingerprint density at radius 3 is 2.36 bits per heavy atom. The minimum Gasteiger partial charge on any atom is -0.504 e. The van der Waals surface area contributed by atoms with E-state index in [1.54, 1.807) is 6.92 Å². The summed E-state index contributed by atoms with van der Waals surface area (Å²) in [4.78, 5) is 10.4. The van der Waals surface area contributed by atoms with Crippen LogP contribution in [0.3, 0.4) is 0 Å². The smallest absolute Gasteiger partial charge is 0.358 e. The zero-order chi connectivity index (χ0) is 8.59. The summed E-state index contributed by atoms with van der Waals surface area (Å²) in [5.74, 6) is -1.44. The van der Waals surface area contributed by atoms with Crippen LogP contribution in [0.5, 0.6) is 5.75 Å². The van der Waals surface area contributed by atoms with Crippen molar-refractivity contribution in [3.8, 4) is 5.75 Å². The maximum atomic E-state index is 10.4. The zero-order valence-corrected chi connectivity index (χ0v) is 6.20. The fraction of sp³-hybridized carbons (Fsp3) is 0.333. The lowest BCUT2D eigenvalue weighted by Gasteiger charge is -1.93. The van der Waals surface area contributed by atoms with Gasteiger partial charge in [0.05, 0.1) is 0 Å². The third kappa shape index (κ3) is 1.04. The van der Waals surface area contributed by atoms with Gasteiger partial charge in [-0.3, -0.25) is 4.68 Å². The molecular formula is C6H8N2O3. The van der Waals surface area contributed by atoms with Crippen LogP contribution in [-0.4, -0.2) is 26.0 Å². The number of carboxylic acids is 1. The van der Waals surface area contributed by atoms with E-state index in [2.05, 4.69) is 5.10 Å². The molecule has 0 spiro atoms. The molecule has 0 saturated carbocycles. The van der Waals surface area contributed by atoms with Gasteiger partial charge in [0, 0.05) is 7.05 Å². The van der Waals surface area contributed by atoms with Gasteiger partial charge in [0.25, 0.3) is 0 Å². The molecule has 1 rings (SSSR count). The molecule has 0 radical (unpaired) electrons. The number of carboxylic acid groups (broad SMARTS) is 1. The molecule has 11 heavy (non-hydrogen) atoms. The first kappa shape index (κ1) is 7.59. The highest BCUT2D eigenvalue weighted by atomic mass is 16.4. The number of hydrogen-bond donors (Lipinski definition) is 2. The van der Waals surface area contributed by atoms with Crippen LogP contribution in [0.1, 0.15) is 16.2 Å². The molecule has 2 N–H and O–H groups in total. The van der Waals surface area contributed by atoms with Crippen LogP contribution in [0.4, 0.5) is 0 Å². The average molecular weight is 156 g/mol. The maximum absolute atomic E-state index is 10.4. The van der Waals surface area contributed by atoms with E-state index in [-0.39, 0.29) is 11.4 Å². The second kappa shape index (κ2) is 2.26. The minimum atomic E-state index is -1.18. The van der Waals surface area contributed by atoms with Crippen molar-refractivity contribution in [2.75, 3.05) is 0 Å². The number of hydrogen-bond acceptors (Lipinski definition) is 3. The molecule has 0 fully saturated rings. The lowest BCUT2D eigenvalue weighted by molar-refractivity contribution is 0.0681. The predicted molar refractivity (Wildman–Crippen MR) is 36.6 cm³/mol. The van der Waals surface area contributed by atoms with Crippen LogP contribution in [-0.2, 0) is 7.05 Å². The lowest BCUT2D eigenvalue weighted by Crippen LogP contribution is -2.05. The molecule has 1 heterocycles. The van der Waals surface area contributed by atoms with Crippen LogP contribution < -0.4 is 0 Å². The summed E-state index contributed by atoms with van der Waals surface area (Å²) >= 11 is 0. The van der Waals surface area contributed by atoms with E-state index in [4.69, 9.17) is 10.2 Å². The summed E-state index contributed by atoms with van der Waals surface area (Å²) in [7, 11) is 1.47. The topological polar surface area (TPSA) is 75.4 Å². The quantitative estimate of drug-likeness (QED) is 0.606. The molecule has 0 atom stereocenters. The third-order valence-corrected chi connectivity index (χ3v) is 1.39. The summed E-state index contributed by atoms with van der Waals surface area (Å²) < 4.78 is 1.13. The summed E-state index contributed by atoms with van der Waals surface area (Å²) in [6, 6.07) is 0. The number of carbonyl (C=O) groups is 1. The van der Waals surface area contributed by atoms with E-state index in [1.807, 2.05) is 0 Å². The average Bonchev–Trinajstić information content (AvgIpc) is 2.07. The summed E-state index contributed by atoms with van der Waals surface area (Å²) in [5, 5.41) is 21.4. The predicted octanol–water partition coefficient (Wildman–Crippen LogP) is 0.132. The normalized spacial score (nSPS) is 10.0. The van der Waals surface area contributed by atoms with Gasteiger partial charge in [-0.1, -0.05) is 0 Å². The van der Waals surface area contributed by atoms with Crippen molar-refractivity contribution in [2.24, 2.45) is 7.05 Å². The maximum Gasteiger partial charge on any atom is 0.358 e. The van der Waals surface area contributed by atoms with Crippen LogP contribution in [0, 0.1) is 6.92 Å². The van der Waals surface area contributed by atoms with Crippen LogP contribution >= 0.6 is 0 Å². The van der Waals surface area contributed by atoms with Crippen molar-refractivity contribution >= 4 is 5.97 Å². The van der Waals surface area contributed by atoms with Crippen LogP contribution in [0.15, 0.2) is 0 Å². The van der Waals surface area contributed by atoms with Crippen LogP contribution in [0.25, 0.3) is 0 Å². The molecule has 0 bridgehead atoms. The third-order valence-electron chi connectivity index (χ3n) is 1.39. The molecule has 1 aromatic heterocycles. The molecule has 0 unspecified atom stereocenters. The van der Waals surface area contributed by atoms with E-state index in [0.717, 1.165) is 4.68 Å². The zero-order valence-electron chi connectivity index (χ0n) is 6.20. The number of aryl methyl sites for hydroxylation is 2. The lowest BCUT2D eigenvalue weighted by atomic mass is 10.3. The SMILES string of the molecule is Cc1nn(C)c(C(=O)O)c1O. The number of aromatic carboxylic acids is 1. The Kier molecular flexibility index (Phi) is 1.56. The molecular weight excluding hydrogens is 148 g/mol. The van der Waals surface area contributed by atoms with Gasteiger partial charge >= 0.3 is 5.97 Å². The second-order valence-electron chi connectivity index (χ2n) is 2.21. The van der Waals surface area contributed by atoms with Gasteiger partial charge in [-0.15, -0.1) is 0 Å². The van der Waals surface area contributed by atoms with Gasteiger partial charge in [-0.05, 0) is 6.92 Å². The van der Waals surface area contributed by atoms with E-state index < -0.39 is 5.97 Å². The first-order valence-electron chi connectivity index (χ1n) is 3.00. The van der Waals surface area contributed by atoms with Crippen molar-refractivity contribution in [3.63, 3.8) is 0 Å². The first-order valence-corrected chi connectivity index (χ1v) is 3.00. The largest absolute Gasteiger partial charge is 0.504 e. The van der Waals surface area contributed by atoms with Crippen molar-refractivity contribution in [1.82, 2.24) is 9.78 Å². The highest BCUT2D eigenvalue weighted by Gasteiger charge is 2.17. The Hall–Kier alpha value is -1.52. The summed E-state index contributed by atoms with van der Waals surface area (Å²) in [6.45, 7) is 1.54. The van der Waals surface area contributed by atoms with Crippen molar-refractivity contribution in [3.05, 3.63) is 11.4 Å². The fourth-order valence-corrected chi connectivity index (χ4v) is 0.887. The number of aromatic nitrogens is 2. The molecule has 60 valence electrons. The molecule has 0 saturated heterocycles.